The largest absolute Gasteiger partial charge is 0.334 e. The van der Waals surface area contributed by atoms with Gasteiger partial charge in [-0.05, 0) is 24.3 Å². The first-order valence-electron chi connectivity index (χ1n) is 7.95. The fourth-order valence-electron chi connectivity index (χ4n) is 3.23. The van der Waals surface area contributed by atoms with Crippen LogP contribution in [0.3, 0.4) is 0 Å². The normalized spacial score (nSPS) is 22.2. The minimum absolute atomic E-state index is 0.0281. The van der Waals surface area contributed by atoms with Crippen LogP contribution in [0.25, 0.3) is 0 Å². The minimum atomic E-state index is -0.844. The summed E-state index contributed by atoms with van der Waals surface area (Å²) in [5, 5.41) is 2.87. The van der Waals surface area contributed by atoms with Crippen LogP contribution in [-0.2, 0) is 4.79 Å². The molecular formula is C18H15FN4O2. The highest BCUT2D eigenvalue weighted by Crippen LogP contribution is 2.29. The predicted octanol–water partition coefficient (Wildman–Crippen LogP) is 1.38. The van der Waals surface area contributed by atoms with E-state index in [2.05, 4.69) is 15.3 Å². The lowest BCUT2D eigenvalue weighted by Crippen LogP contribution is -2.45. The first-order chi connectivity index (χ1) is 12.1. The van der Waals surface area contributed by atoms with Crippen LogP contribution in [0.4, 0.5) is 4.39 Å². The first-order valence-corrected chi connectivity index (χ1v) is 7.95. The molecule has 0 saturated carbocycles. The lowest BCUT2D eigenvalue weighted by atomic mass is 10.1. The second-order valence-corrected chi connectivity index (χ2v) is 6.14. The molecule has 1 spiro atoms. The highest BCUT2D eigenvalue weighted by molar-refractivity contribution is 6.46. The maximum Gasteiger partial charge on any atom is 0.272 e. The fraction of sp³-hybridized carbons (Fsp3) is 0.222. The number of carbonyl (C=O) groups excluding carboxylic acids is 2. The number of halogens is 1. The van der Waals surface area contributed by atoms with E-state index in [0.717, 1.165) is 0 Å². The maximum atomic E-state index is 13.9. The van der Waals surface area contributed by atoms with Gasteiger partial charge in [-0.15, -0.1) is 0 Å². The van der Waals surface area contributed by atoms with Crippen LogP contribution in [0.2, 0.25) is 0 Å². The van der Waals surface area contributed by atoms with Gasteiger partial charge in [0.1, 0.15) is 11.5 Å². The third-order valence-electron chi connectivity index (χ3n) is 4.46. The number of aliphatic imine (C=N–C) groups is 1. The number of likely N-dealkylation sites (tertiary alicyclic amines) is 1. The molecule has 1 fully saturated rings. The molecule has 4 rings (SSSR count). The topological polar surface area (TPSA) is 74.7 Å². The molecular weight excluding hydrogens is 323 g/mol. The van der Waals surface area contributed by atoms with Gasteiger partial charge in [0.25, 0.3) is 11.8 Å². The smallest absolute Gasteiger partial charge is 0.272 e. The average molecular weight is 338 g/mol. The molecule has 0 aliphatic carbocycles. The summed E-state index contributed by atoms with van der Waals surface area (Å²) in [6.07, 6.45) is 3.69. The Morgan fingerprint density at radius 1 is 1.24 bits per heavy atom. The molecule has 0 radical (unpaired) electrons. The molecule has 2 aliphatic rings. The van der Waals surface area contributed by atoms with E-state index in [1.54, 1.807) is 36.7 Å². The molecule has 126 valence electrons. The van der Waals surface area contributed by atoms with E-state index in [4.69, 9.17) is 0 Å². The molecule has 1 saturated heterocycles. The van der Waals surface area contributed by atoms with E-state index in [0.29, 0.717) is 24.2 Å². The van der Waals surface area contributed by atoms with Gasteiger partial charge >= 0.3 is 0 Å². The van der Waals surface area contributed by atoms with Crippen molar-refractivity contribution in [2.45, 2.75) is 12.1 Å². The van der Waals surface area contributed by atoms with Gasteiger partial charge in [-0.1, -0.05) is 12.1 Å². The zero-order chi connectivity index (χ0) is 17.4. The van der Waals surface area contributed by atoms with Gasteiger partial charge < -0.3 is 10.2 Å². The van der Waals surface area contributed by atoms with Crippen LogP contribution < -0.4 is 5.32 Å². The summed E-state index contributed by atoms with van der Waals surface area (Å²) in [4.78, 5) is 34.9. The average Bonchev–Trinajstić information content (AvgIpc) is 3.19. The van der Waals surface area contributed by atoms with E-state index in [1.807, 2.05) is 0 Å². The van der Waals surface area contributed by atoms with Crippen molar-refractivity contribution in [2.24, 2.45) is 4.99 Å². The molecule has 0 bridgehead atoms. The van der Waals surface area contributed by atoms with Crippen LogP contribution in [0.5, 0.6) is 0 Å². The molecule has 2 aliphatic heterocycles. The van der Waals surface area contributed by atoms with Crippen LogP contribution in [-0.4, -0.2) is 46.2 Å². The van der Waals surface area contributed by atoms with Crippen molar-refractivity contribution < 1.29 is 14.0 Å². The molecule has 2 aromatic rings. The summed E-state index contributed by atoms with van der Waals surface area (Å²) in [5.74, 6) is -1.23. The molecule has 7 heteroatoms. The first kappa shape index (κ1) is 15.4. The predicted molar refractivity (Wildman–Crippen MR) is 88.6 cm³/mol. The number of pyridine rings is 1. The van der Waals surface area contributed by atoms with Crippen LogP contribution in [0, 0.1) is 5.82 Å². The molecule has 1 atom stereocenters. The molecule has 25 heavy (non-hydrogen) atoms. The van der Waals surface area contributed by atoms with E-state index in [9.17, 15) is 14.0 Å². The SMILES string of the molecule is O=C1NC2(CCN(C(=O)c3ccccc3F)C2)N=C1c1cccnc1. The minimum Gasteiger partial charge on any atom is -0.334 e. The molecule has 2 amide bonds. The second-order valence-electron chi connectivity index (χ2n) is 6.14. The Bertz CT molecular complexity index is 884. The number of rotatable bonds is 2. The fourth-order valence-corrected chi connectivity index (χ4v) is 3.23. The Morgan fingerprint density at radius 2 is 2.08 bits per heavy atom. The molecule has 1 aromatic heterocycles. The van der Waals surface area contributed by atoms with Gasteiger partial charge in [-0.2, -0.15) is 0 Å². The van der Waals surface area contributed by atoms with Crippen molar-refractivity contribution in [1.29, 1.82) is 0 Å². The number of amides is 2. The Balaban J connectivity index is 1.58. The summed E-state index contributed by atoms with van der Waals surface area (Å²) < 4.78 is 13.9. The number of carbonyl (C=O) groups is 2. The highest BCUT2D eigenvalue weighted by atomic mass is 19.1. The summed E-state index contributed by atoms with van der Waals surface area (Å²) in [6, 6.07) is 9.38. The number of benzene rings is 1. The van der Waals surface area contributed by atoms with Crippen LogP contribution in [0.1, 0.15) is 22.3 Å². The maximum absolute atomic E-state index is 13.9. The van der Waals surface area contributed by atoms with Gasteiger partial charge in [-0.3, -0.25) is 14.6 Å². The Morgan fingerprint density at radius 3 is 2.84 bits per heavy atom. The zero-order valence-electron chi connectivity index (χ0n) is 13.3. The molecule has 6 nitrogen and oxygen atoms in total. The Hall–Kier alpha value is -3.09. The van der Waals surface area contributed by atoms with Gasteiger partial charge in [0.05, 0.1) is 12.1 Å². The molecule has 1 N–H and O–H groups in total. The molecule has 1 unspecified atom stereocenters. The summed E-state index contributed by atoms with van der Waals surface area (Å²) in [6.45, 7) is 0.618. The third-order valence-corrected chi connectivity index (χ3v) is 4.46. The van der Waals surface area contributed by atoms with Crippen molar-refractivity contribution in [3.05, 3.63) is 65.7 Å². The van der Waals surface area contributed by atoms with E-state index in [1.165, 1.54) is 17.0 Å². The van der Waals surface area contributed by atoms with Crippen LogP contribution in [0.15, 0.2) is 53.8 Å². The monoisotopic (exact) mass is 338 g/mol. The van der Waals surface area contributed by atoms with Gasteiger partial charge in [0.2, 0.25) is 0 Å². The summed E-state index contributed by atoms with van der Waals surface area (Å²) in [5.41, 5.74) is 0.132. The Kier molecular flexibility index (Phi) is 3.56. The third kappa shape index (κ3) is 2.67. The molecule has 1 aromatic carbocycles. The standard InChI is InChI=1S/C18H15FN4O2/c19-14-6-2-1-5-13(14)17(25)23-9-7-18(11-23)21-15(16(24)22-18)12-4-3-8-20-10-12/h1-6,8,10H,7,9,11H2,(H,22,24). The van der Waals surface area contributed by atoms with Crippen molar-refractivity contribution in [1.82, 2.24) is 15.2 Å². The number of hydrogen-bond acceptors (Lipinski definition) is 4. The van der Waals surface area contributed by atoms with Crippen molar-refractivity contribution >= 4 is 17.5 Å². The number of nitrogens with zero attached hydrogens (tertiary/aromatic N) is 3. The summed E-state index contributed by atoms with van der Waals surface area (Å²) >= 11 is 0. The van der Waals surface area contributed by atoms with E-state index >= 15 is 0 Å². The van der Waals surface area contributed by atoms with Crippen LogP contribution >= 0.6 is 0 Å². The van der Waals surface area contributed by atoms with Crippen molar-refractivity contribution in [2.75, 3.05) is 13.1 Å². The van der Waals surface area contributed by atoms with E-state index < -0.39 is 17.4 Å². The lowest BCUT2D eigenvalue weighted by molar-refractivity contribution is -0.115. The zero-order valence-corrected chi connectivity index (χ0v) is 13.3. The second kappa shape index (κ2) is 5.77. The van der Waals surface area contributed by atoms with Gasteiger partial charge in [-0.25, -0.2) is 9.38 Å². The highest BCUT2D eigenvalue weighted by Gasteiger charge is 2.46. The molecule has 3 heterocycles. The quantitative estimate of drug-likeness (QED) is 0.899. The van der Waals surface area contributed by atoms with Gasteiger partial charge in [0.15, 0.2) is 5.66 Å². The van der Waals surface area contributed by atoms with E-state index in [-0.39, 0.29) is 18.0 Å². The Labute approximate surface area is 143 Å². The van der Waals surface area contributed by atoms with Crippen molar-refractivity contribution in [3.63, 3.8) is 0 Å². The lowest BCUT2D eigenvalue weighted by Gasteiger charge is -2.21. The van der Waals surface area contributed by atoms with Crippen molar-refractivity contribution in [3.8, 4) is 0 Å². The number of aromatic nitrogens is 1. The summed E-state index contributed by atoms with van der Waals surface area (Å²) in [7, 11) is 0. The number of nitrogens with one attached hydrogen (secondary N) is 1. The van der Waals surface area contributed by atoms with Gasteiger partial charge in [0, 0.05) is 30.9 Å². The number of hydrogen-bond donors (Lipinski definition) is 1.